The molecule has 3 rings (SSSR count). The Bertz CT molecular complexity index is 1190. The van der Waals surface area contributed by atoms with Gasteiger partial charge in [0.05, 0.1) is 0 Å². The molecule has 0 heterocycles. The van der Waals surface area contributed by atoms with Crippen LogP contribution in [0.15, 0.2) is 66.7 Å². The Balaban J connectivity index is 1.92. The summed E-state index contributed by atoms with van der Waals surface area (Å²) in [6.07, 6.45) is 0.422. The van der Waals surface area contributed by atoms with Crippen LogP contribution in [-0.4, -0.2) is 35.9 Å². The molecule has 2 amide bonds. The first-order valence-corrected chi connectivity index (χ1v) is 13.0. The van der Waals surface area contributed by atoms with Crippen molar-refractivity contribution < 1.29 is 14.3 Å². The molecule has 37 heavy (non-hydrogen) atoms. The number of benzene rings is 3. The third kappa shape index (κ3) is 8.21. The van der Waals surface area contributed by atoms with Gasteiger partial charge in [-0.2, -0.15) is 0 Å². The van der Waals surface area contributed by atoms with E-state index in [1.54, 1.807) is 4.90 Å². The van der Waals surface area contributed by atoms with Crippen LogP contribution < -0.4 is 10.1 Å². The monoisotopic (exact) mass is 500 g/mol. The van der Waals surface area contributed by atoms with Crippen LogP contribution in [0.5, 0.6) is 5.75 Å². The van der Waals surface area contributed by atoms with Gasteiger partial charge in [0.1, 0.15) is 11.8 Å². The van der Waals surface area contributed by atoms with Crippen molar-refractivity contribution in [3.63, 3.8) is 0 Å². The molecule has 0 saturated carbocycles. The van der Waals surface area contributed by atoms with Crippen molar-refractivity contribution >= 4 is 11.8 Å². The van der Waals surface area contributed by atoms with Crippen molar-refractivity contribution in [2.45, 2.75) is 60.5 Å². The highest BCUT2D eigenvalue weighted by atomic mass is 16.5. The number of carbonyl (C=O) groups excluding carboxylic acids is 2. The van der Waals surface area contributed by atoms with Crippen LogP contribution in [0.1, 0.15) is 47.2 Å². The zero-order chi connectivity index (χ0) is 26.9. The zero-order valence-electron chi connectivity index (χ0n) is 23.0. The summed E-state index contributed by atoms with van der Waals surface area (Å²) in [6, 6.07) is 21.3. The number of hydrogen-bond acceptors (Lipinski definition) is 3. The molecule has 3 aromatic rings. The number of hydrogen-bond donors (Lipinski definition) is 1. The highest BCUT2D eigenvalue weighted by Gasteiger charge is 2.31. The number of aryl methyl sites for hydroxylation is 3. The van der Waals surface area contributed by atoms with Crippen molar-refractivity contribution in [1.29, 1.82) is 0 Å². The van der Waals surface area contributed by atoms with E-state index in [1.807, 2.05) is 88.4 Å². The van der Waals surface area contributed by atoms with Gasteiger partial charge in [-0.05, 0) is 67.5 Å². The number of nitrogens with one attached hydrogen (secondary N) is 1. The molecule has 3 aromatic carbocycles. The average molecular weight is 501 g/mol. The maximum Gasteiger partial charge on any atom is 0.261 e. The van der Waals surface area contributed by atoms with Gasteiger partial charge >= 0.3 is 0 Å². The van der Waals surface area contributed by atoms with Crippen LogP contribution in [0.2, 0.25) is 0 Å². The lowest BCUT2D eigenvalue weighted by Gasteiger charge is -2.32. The van der Waals surface area contributed by atoms with Gasteiger partial charge in [0, 0.05) is 19.5 Å². The Morgan fingerprint density at radius 2 is 1.54 bits per heavy atom. The van der Waals surface area contributed by atoms with Gasteiger partial charge < -0.3 is 15.0 Å². The molecule has 5 heteroatoms. The van der Waals surface area contributed by atoms with E-state index >= 15 is 0 Å². The average Bonchev–Trinajstić information content (AvgIpc) is 2.87. The van der Waals surface area contributed by atoms with Crippen molar-refractivity contribution in [2.75, 3.05) is 13.2 Å². The minimum Gasteiger partial charge on any atom is -0.483 e. The summed E-state index contributed by atoms with van der Waals surface area (Å²) in [5.74, 6) is 0.629. The van der Waals surface area contributed by atoms with Crippen LogP contribution in [-0.2, 0) is 22.6 Å². The minimum atomic E-state index is -0.668. The molecule has 0 aliphatic heterocycles. The Morgan fingerprint density at radius 1 is 0.865 bits per heavy atom. The Labute approximate surface area is 221 Å². The molecule has 0 bridgehead atoms. The largest absolute Gasteiger partial charge is 0.483 e. The van der Waals surface area contributed by atoms with Crippen LogP contribution in [0.3, 0.4) is 0 Å². The van der Waals surface area contributed by atoms with Gasteiger partial charge in [-0.1, -0.05) is 80.1 Å². The second-order valence-electron chi connectivity index (χ2n) is 10.3. The third-order valence-corrected chi connectivity index (χ3v) is 6.54. The first-order chi connectivity index (χ1) is 17.6. The van der Waals surface area contributed by atoms with Crippen molar-refractivity contribution in [2.24, 2.45) is 5.92 Å². The molecule has 0 aliphatic carbocycles. The topological polar surface area (TPSA) is 58.6 Å². The summed E-state index contributed by atoms with van der Waals surface area (Å²) in [7, 11) is 0. The highest BCUT2D eigenvalue weighted by Crippen LogP contribution is 2.24. The van der Waals surface area contributed by atoms with Crippen molar-refractivity contribution in [1.82, 2.24) is 10.2 Å². The summed E-state index contributed by atoms with van der Waals surface area (Å²) in [5.41, 5.74) is 6.33. The fourth-order valence-corrected chi connectivity index (χ4v) is 4.24. The van der Waals surface area contributed by atoms with E-state index in [2.05, 4.69) is 25.2 Å². The van der Waals surface area contributed by atoms with Gasteiger partial charge in [-0.3, -0.25) is 9.59 Å². The molecule has 0 spiro atoms. The number of nitrogens with zero attached hydrogens (tertiary/aromatic N) is 1. The molecule has 0 saturated heterocycles. The fraction of sp³-hybridized carbons (Fsp3) is 0.375. The Hall–Kier alpha value is -3.60. The molecule has 0 aromatic heterocycles. The SMILES string of the molecule is Cc1ccc(CN(C(=O)COc2cc(C)cc(C)c2C)[C@@H](Cc2ccccc2)C(=O)NCC(C)C)cc1. The summed E-state index contributed by atoms with van der Waals surface area (Å²) in [5, 5.41) is 3.06. The van der Waals surface area contributed by atoms with Crippen LogP contribution in [0.25, 0.3) is 0 Å². The standard InChI is InChI=1S/C32H40N2O3/c1-22(2)19-33-32(36)29(18-27-10-8-7-9-11-27)34(20-28-14-12-23(3)13-15-28)31(35)21-37-30-17-24(4)16-25(5)26(30)6/h7-17,22,29H,18-21H2,1-6H3,(H,33,36)/t29-/m0/s1. The number of ether oxygens (including phenoxy) is 1. The number of carbonyl (C=O) groups is 2. The van der Waals surface area contributed by atoms with E-state index < -0.39 is 6.04 Å². The van der Waals surface area contributed by atoms with Gasteiger partial charge in [-0.25, -0.2) is 0 Å². The quantitative estimate of drug-likeness (QED) is 0.367. The van der Waals surface area contributed by atoms with E-state index in [0.717, 1.165) is 33.4 Å². The fourth-order valence-electron chi connectivity index (χ4n) is 4.24. The Kier molecular flexibility index (Phi) is 9.90. The van der Waals surface area contributed by atoms with E-state index in [9.17, 15) is 9.59 Å². The van der Waals surface area contributed by atoms with Gasteiger partial charge in [0.25, 0.3) is 5.91 Å². The van der Waals surface area contributed by atoms with Gasteiger partial charge in [-0.15, -0.1) is 0 Å². The van der Waals surface area contributed by atoms with Gasteiger partial charge in [0.15, 0.2) is 6.61 Å². The lowest BCUT2D eigenvalue weighted by atomic mass is 10.0. The third-order valence-electron chi connectivity index (χ3n) is 6.54. The van der Waals surface area contributed by atoms with Crippen LogP contribution >= 0.6 is 0 Å². The summed E-state index contributed by atoms with van der Waals surface area (Å²) < 4.78 is 6.05. The molecule has 196 valence electrons. The number of amides is 2. The molecule has 5 nitrogen and oxygen atoms in total. The molecule has 1 atom stereocenters. The van der Waals surface area contributed by atoms with E-state index in [0.29, 0.717) is 31.2 Å². The second-order valence-corrected chi connectivity index (χ2v) is 10.3. The molecule has 0 aliphatic rings. The highest BCUT2D eigenvalue weighted by molar-refractivity contribution is 5.88. The molecule has 1 N–H and O–H groups in total. The smallest absolute Gasteiger partial charge is 0.261 e. The summed E-state index contributed by atoms with van der Waals surface area (Å²) >= 11 is 0. The van der Waals surface area contributed by atoms with E-state index in [1.165, 1.54) is 0 Å². The van der Waals surface area contributed by atoms with E-state index in [4.69, 9.17) is 4.74 Å². The first kappa shape index (κ1) is 28.0. The predicted octanol–water partition coefficient (Wildman–Crippen LogP) is 5.71. The predicted molar refractivity (Wildman–Crippen MR) is 150 cm³/mol. The molecular formula is C32H40N2O3. The van der Waals surface area contributed by atoms with Crippen LogP contribution in [0.4, 0.5) is 0 Å². The van der Waals surface area contributed by atoms with Crippen molar-refractivity contribution in [3.8, 4) is 5.75 Å². The maximum absolute atomic E-state index is 13.8. The normalized spacial score (nSPS) is 11.8. The molecule has 0 fully saturated rings. The summed E-state index contributed by atoms with van der Waals surface area (Å²) in [6.45, 7) is 12.9. The summed E-state index contributed by atoms with van der Waals surface area (Å²) in [4.78, 5) is 29.0. The first-order valence-electron chi connectivity index (χ1n) is 13.0. The molecule has 0 unspecified atom stereocenters. The second kappa shape index (κ2) is 13.1. The maximum atomic E-state index is 13.8. The van der Waals surface area contributed by atoms with Crippen molar-refractivity contribution in [3.05, 3.63) is 100 Å². The van der Waals surface area contributed by atoms with Crippen LogP contribution in [0, 0.1) is 33.6 Å². The zero-order valence-corrected chi connectivity index (χ0v) is 23.0. The molecule has 0 radical (unpaired) electrons. The number of rotatable bonds is 11. The minimum absolute atomic E-state index is 0.141. The Morgan fingerprint density at radius 3 is 2.19 bits per heavy atom. The van der Waals surface area contributed by atoms with E-state index in [-0.39, 0.29) is 18.4 Å². The lowest BCUT2D eigenvalue weighted by Crippen LogP contribution is -2.52. The lowest BCUT2D eigenvalue weighted by molar-refractivity contribution is -0.142. The van der Waals surface area contributed by atoms with Gasteiger partial charge in [0.2, 0.25) is 5.91 Å². The molecular weight excluding hydrogens is 460 g/mol.